The van der Waals surface area contributed by atoms with Crippen LogP contribution in [-0.4, -0.2) is 21.2 Å². The number of hydrogen-bond acceptors (Lipinski definition) is 3. The van der Waals surface area contributed by atoms with Crippen molar-refractivity contribution in [2.75, 3.05) is 12.8 Å². The van der Waals surface area contributed by atoms with Crippen molar-refractivity contribution in [3.8, 4) is 0 Å². The molecule has 3 nitrogen and oxygen atoms in total. The number of thiophene rings is 1. The summed E-state index contributed by atoms with van der Waals surface area (Å²) in [5.41, 5.74) is 0. The predicted octanol–water partition coefficient (Wildman–Crippen LogP) is 1.23. The number of sulfonamides is 1. The van der Waals surface area contributed by atoms with E-state index in [9.17, 15) is 8.42 Å². The van der Waals surface area contributed by atoms with Crippen LogP contribution in [0.25, 0.3) is 0 Å². The lowest BCUT2D eigenvalue weighted by molar-refractivity contribution is 0.585. The summed E-state index contributed by atoms with van der Waals surface area (Å²) in [6, 6.07) is 4.00. The summed E-state index contributed by atoms with van der Waals surface area (Å²) in [6.45, 7) is 0. The quantitative estimate of drug-likeness (QED) is 0.809. The number of rotatable bonds is 5. The van der Waals surface area contributed by atoms with Crippen LogP contribution >= 0.6 is 11.3 Å². The van der Waals surface area contributed by atoms with Crippen molar-refractivity contribution in [1.82, 2.24) is 4.72 Å². The van der Waals surface area contributed by atoms with E-state index >= 15 is 0 Å². The third-order valence-corrected chi connectivity index (χ3v) is 4.11. The summed E-state index contributed by atoms with van der Waals surface area (Å²) in [4.78, 5) is 1.24. The SMILES string of the molecule is CNS(=O)(=O)CCCc1cccs1. The first-order valence-electron chi connectivity index (χ1n) is 4.07. The van der Waals surface area contributed by atoms with Crippen LogP contribution < -0.4 is 4.72 Å². The van der Waals surface area contributed by atoms with Gasteiger partial charge >= 0.3 is 0 Å². The van der Waals surface area contributed by atoms with Crippen molar-refractivity contribution < 1.29 is 8.42 Å². The van der Waals surface area contributed by atoms with Gasteiger partial charge in [0.25, 0.3) is 0 Å². The second kappa shape index (κ2) is 4.74. The highest BCUT2D eigenvalue weighted by Crippen LogP contribution is 2.10. The van der Waals surface area contributed by atoms with Gasteiger partial charge in [-0.1, -0.05) is 6.07 Å². The Labute approximate surface area is 82.8 Å². The molecule has 0 spiro atoms. The van der Waals surface area contributed by atoms with E-state index in [4.69, 9.17) is 0 Å². The molecular weight excluding hydrogens is 206 g/mol. The van der Waals surface area contributed by atoms with Gasteiger partial charge in [-0.15, -0.1) is 11.3 Å². The molecule has 1 aromatic rings. The van der Waals surface area contributed by atoms with Crippen LogP contribution in [-0.2, 0) is 16.4 Å². The van der Waals surface area contributed by atoms with Gasteiger partial charge < -0.3 is 0 Å². The lowest BCUT2D eigenvalue weighted by Crippen LogP contribution is -2.22. The maximum atomic E-state index is 11.0. The monoisotopic (exact) mass is 219 g/mol. The average Bonchev–Trinajstić information content (AvgIpc) is 2.57. The molecule has 74 valence electrons. The van der Waals surface area contributed by atoms with Gasteiger partial charge in [-0.2, -0.15) is 0 Å². The fraction of sp³-hybridized carbons (Fsp3) is 0.500. The van der Waals surface area contributed by atoms with E-state index in [1.807, 2.05) is 17.5 Å². The molecular formula is C8H13NO2S2. The molecule has 0 amide bonds. The van der Waals surface area contributed by atoms with Gasteiger partial charge in [0, 0.05) is 4.88 Å². The van der Waals surface area contributed by atoms with Crippen LogP contribution in [0.5, 0.6) is 0 Å². The first kappa shape index (κ1) is 10.7. The number of aryl methyl sites for hydroxylation is 1. The fourth-order valence-corrected chi connectivity index (χ4v) is 2.47. The Morgan fingerprint density at radius 2 is 2.31 bits per heavy atom. The van der Waals surface area contributed by atoms with Crippen LogP contribution in [0.3, 0.4) is 0 Å². The van der Waals surface area contributed by atoms with Crippen molar-refractivity contribution in [3.63, 3.8) is 0 Å². The minimum absolute atomic E-state index is 0.210. The first-order chi connectivity index (χ1) is 6.14. The third-order valence-electron chi connectivity index (χ3n) is 1.73. The van der Waals surface area contributed by atoms with Crippen LogP contribution in [0.1, 0.15) is 11.3 Å². The van der Waals surface area contributed by atoms with Gasteiger partial charge in [0.05, 0.1) is 5.75 Å². The molecule has 1 N–H and O–H groups in total. The van der Waals surface area contributed by atoms with E-state index < -0.39 is 10.0 Å². The van der Waals surface area contributed by atoms with E-state index in [2.05, 4.69) is 4.72 Å². The molecule has 0 fully saturated rings. The van der Waals surface area contributed by atoms with Crippen molar-refractivity contribution in [2.45, 2.75) is 12.8 Å². The molecule has 0 aromatic carbocycles. The number of nitrogens with one attached hydrogen (secondary N) is 1. The Hall–Kier alpha value is -0.390. The van der Waals surface area contributed by atoms with Gasteiger partial charge in [0.1, 0.15) is 0 Å². The van der Waals surface area contributed by atoms with Crippen molar-refractivity contribution in [2.24, 2.45) is 0 Å². The summed E-state index contributed by atoms with van der Waals surface area (Å²) in [5.74, 6) is 0.210. The molecule has 1 rings (SSSR count). The molecule has 0 aliphatic rings. The van der Waals surface area contributed by atoms with E-state index in [1.165, 1.54) is 11.9 Å². The predicted molar refractivity (Wildman–Crippen MR) is 55.5 cm³/mol. The maximum Gasteiger partial charge on any atom is 0.211 e. The van der Waals surface area contributed by atoms with Crippen LogP contribution in [0.15, 0.2) is 17.5 Å². The molecule has 1 heterocycles. The molecule has 0 saturated heterocycles. The summed E-state index contributed by atoms with van der Waals surface area (Å²) in [7, 11) is -1.57. The van der Waals surface area contributed by atoms with Gasteiger partial charge in [-0.3, -0.25) is 0 Å². The van der Waals surface area contributed by atoms with Crippen LogP contribution in [0.2, 0.25) is 0 Å². The zero-order valence-corrected chi connectivity index (χ0v) is 9.12. The molecule has 0 bridgehead atoms. The minimum atomic E-state index is -3.02. The highest BCUT2D eigenvalue weighted by atomic mass is 32.2. The second-order valence-electron chi connectivity index (χ2n) is 2.71. The molecule has 0 atom stereocenters. The molecule has 1 aromatic heterocycles. The summed E-state index contributed by atoms with van der Waals surface area (Å²) < 4.78 is 24.3. The normalized spacial score (nSPS) is 11.8. The number of hydrogen-bond donors (Lipinski definition) is 1. The van der Waals surface area contributed by atoms with E-state index in [0.29, 0.717) is 6.42 Å². The minimum Gasteiger partial charge on any atom is -0.218 e. The summed E-state index contributed by atoms with van der Waals surface area (Å²) >= 11 is 1.67. The lowest BCUT2D eigenvalue weighted by Gasteiger charge is -2.00. The Morgan fingerprint density at radius 1 is 1.54 bits per heavy atom. The molecule has 0 aliphatic carbocycles. The van der Waals surface area contributed by atoms with Gasteiger partial charge in [-0.25, -0.2) is 13.1 Å². The Balaban J connectivity index is 2.30. The molecule has 0 saturated carbocycles. The maximum absolute atomic E-state index is 11.0. The van der Waals surface area contributed by atoms with Crippen molar-refractivity contribution in [1.29, 1.82) is 0 Å². The first-order valence-corrected chi connectivity index (χ1v) is 6.61. The molecule has 5 heteroatoms. The van der Waals surface area contributed by atoms with Crippen molar-refractivity contribution >= 4 is 21.4 Å². The smallest absolute Gasteiger partial charge is 0.211 e. The Bertz CT molecular complexity index is 329. The Kier molecular flexibility index (Phi) is 3.90. The molecule has 0 aliphatic heterocycles. The van der Waals surface area contributed by atoms with E-state index in [0.717, 1.165) is 6.42 Å². The summed E-state index contributed by atoms with van der Waals surface area (Å²) in [6.07, 6.45) is 1.53. The highest BCUT2D eigenvalue weighted by molar-refractivity contribution is 7.89. The molecule has 13 heavy (non-hydrogen) atoms. The summed E-state index contributed by atoms with van der Waals surface area (Å²) in [5, 5.41) is 2.00. The third kappa shape index (κ3) is 3.89. The second-order valence-corrected chi connectivity index (χ2v) is 5.78. The van der Waals surface area contributed by atoms with Crippen molar-refractivity contribution in [3.05, 3.63) is 22.4 Å². The molecule has 0 radical (unpaired) electrons. The highest BCUT2D eigenvalue weighted by Gasteiger charge is 2.05. The van der Waals surface area contributed by atoms with Gasteiger partial charge in [0.2, 0.25) is 10.0 Å². The van der Waals surface area contributed by atoms with Gasteiger partial charge in [0.15, 0.2) is 0 Å². The standard InChI is InChI=1S/C8H13NO2S2/c1-9-13(10,11)7-3-5-8-4-2-6-12-8/h2,4,6,9H,3,5,7H2,1H3. The topological polar surface area (TPSA) is 46.2 Å². The van der Waals surface area contributed by atoms with Gasteiger partial charge in [-0.05, 0) is 31.3 Å². The van der Waals surface area contributed by atoms with E-state index in [-0.39, 0.29) is 5.75 Å². The van der Waals surface area contributed by atoms with Crippen LogP contribution in [0.4, 0.5) is 0 Å². The fourth-order valence-electron chi connectivity index (χ4n) is 0.993. The van der Waals surface area contributed by atoms with E-state index in [1.54, 1.807) is 11.3 Å². The van der Waals surface area contributed by atoms with Crippen LogP contribution in [0, 0.1) is 0 Å². The zero-order valence-electron chi connectivity index (χ0n) is 7.49. The molecule has 0 unspecified atom stereocenters. The lowest BCUT2D eigenvalue weighted by atomic mass is 10.3. The zero-order chi connectivity index (χ0) is 9.73. The average molecular weight is 219 g/mol. The largest absolute Gasteiger partial charge is 0.218 e. The Morgan fingerprint density at radius 3 is 2.85 bits per heavy atom.